The van der Waals surface area contributed by atoms with Crippen molar-refractivity contribution in [3.05, 3.63) is 34.9 Å². The molecule has 1 aromatic rings. The van der Waals surface area contributed by atoms with Gasteiger partial charge < -0.3 is 16.2 Å². The zero-order valence-electron chi connectivity index (χ0n) is 11.4. The quantitative estimate of drug-likeness (QED) is 0.748. The highest BCUT2D eigenvalue weighted by Gasteiger charge is 2.30. The van der Waals surface area contributed by atoms with E-state index in [1.807, 2.05) is 13.0 Å². The maximum Gasteiger partial charge on any atom is 0.307 e. The Morgan fingerprint density at radius 2 is 2.21 bits per heavy atom. The lowest BCUT2D eigenvalue weighted by atomic mass is 9.85. The summed E-state index contributed by atoms with van der Waals surface area (Å²) in [4.78, 5) is 11.5. The van der Waals surface area contributed by atoms with Gasteiger partial charge in [-0.05, 0) is 49.9 Å². The molecule has 0 aliphatic carbocycles. The van der Waals surface area contributed by atoms with Crippen LogP contribution in [0, 0.1) is 18.8 Å². The van der Waals surface area contributed by atoms with Gasteiger partial charge in [0.15, 0.2) is 0 Å². The Bertz CT molecular complexity index is 453. The lowest BCUT2D eigenvalue weighted by molar-refractivity contribution is -0.143. The van der Waals surface area contributed by atoms with Crippen molar-refractivity contribution in [3.8, 4) is 0 Å². The minimum atomic E-state index is -0.690. The molecule has 1 aliphatic rings. The molecule has 4 nitrogen and oxygen atoms in total. The smallest absolute Gasteiger partial charge is 0.307 e. The molecule has 0 radical (unpaired) electrons. The van der Waals surface area contributed by atoms with Crippen LogP contribution in [-0.2, 0) is 17.8 Å². The van der Waals surface area contributed by atoms with Gasteiger partial charge in [-0.3, -0.25) is 4.79 Å². The molecule has 0 aromatic heterocycles. The highest BCUT2D eigenvalue weighted by molar-refractivity contribution is 5.71. The van der Waals surface area contributed by atoms with E-state index in [0.29, 0.717) is 13.0 Å². The molecule has 1 fully saturated rings. The molecule has 0 spiro atoms. The molecule has 0 amide bonds. The largest absolute Gasteiger partial charge is 0.481 e. The summed E-state index contributed by atoms with van der Waals surface area (Å²) in [5, 5.41) is 12.7. The van der Waals surface area contributed by atoms with E-state index in [0.717, 1.165) is 36.2 Å². The van der Waals surface area contributed by atoms with E-state index < -0.39 is 5.97 Å². The van der Waals surface area contributed by atoms with Gasteiger partial charge in [-0.15, -0.1) is 0 Å². The third-order valence-corrected chi connectivity index (χ3v) is 3.87. The molecule has 4 heteroatoms. The van der Waals surface area contributed by atoms with Crippen LogP contribution in [0.3, 0.4) is 0 Å². The monoisotopic (exact) mass is 262 g/mol. The second kappa shape index (κ2) is 6.17. The Morgan fingerprint density at radius 1 is 1.47 bits per heavy atom. The summed E-state index contributed by atoms with van der Waals surface area (Å²) in [6.07, 6.45) is 1.54. The van der Waals surface area contributed by atoms with Crippen LogP contribution in [0.1, 0.15) is 23.1 Å². The average molecular weight is 262 g/mol. The van der Waals surface area contributed by atoms with Gasteiger partial charge in [0.25, 0.3) is 0 Å². The molecule has 1 aliphatic heterocycles. The standard InChI is InChI=1S/C15H22N2O2/c1-10-4-11(6-12(5-10)8-16)7-14(15(18)19)13-2-3-17-9-13/h4-6,13-14,17H,2-3,7-9,16H2,1H3,(H,18,19)/t13-,14-/m0/s1. The number of nitrogens with one attached hydrogen (secondary N) is 1. The molecule has 1 aromatic carbocycles. The van der Waals surface area contributed by atoms with Crippen molar-refractivity contribution in [3.63, 3.8) is 0 Å². The van der Waals surface area contributed by atoms with Crippen LogP contribution in [0.15, 0.2) is 18.2 Å². The number of carboxylic acids is 1. The minimum Gasteiger partial charge on any atom is -0.481 e. The summed E-state index contributed by atoms with van der Waals surface area (Å²) >= 11 is 0. The van der Waals surface area contributed by atoms with Gasteiger partial charge in [0, 0.05) is 6.54 Å². The van der Waals surface area contributed by atoms with Crippen LogP contribution in [0.25, 0.3) is 0 Å². The molecular formula is C15H22N2O2. The topological polar surface area (TPSA) is 75.4 Å². The SMILES string of the molecule is Cc1cc(CN)cc(C[C@H](C(=O)O)[C@H]2CCNC2)c1. The van der Waals surface area contributed by atoms with E-state index in [-0.39, 0.29) is 11.8 Å². The van der Waals surface area contributed by atoms with Crippen molar-refractivity contribution in [2.75, 3.05) is 13.1 Å². The summed E-state index contributed by atoms with van der Waals surface area (Å²) in [6.45, 7) is 4.26. The van der Waals surface area contributed by atoms with Gasteiger partial charge in [0.1, 0.15) is 0 Å². The predicted octanol–water partition coefficient (Wildman–Crippen LogP) is 1.31. The lowest BCUT2D eigenvalue weighted by Gasteiger charge is -2.19. The molecule has 1 saturated heterocycles. The Hall–Kier alpha value is -1.39. The number of carboxylic acid groups (broad SMARTS) is 1. The van der Waals surface area contributed by atoms with Crippen molar-refractivity contribution in [2.45, 2.75) is 26.3 Å². The molecule has 0 saturated carbocycles. The number of aryl methyl sites for hydroxylation is 1. The molecule has 0 bridgehead atoms. The Morgan fingerprint density at radius 3 is 2.79 bits per heavy atom. The summed E-state index contributed by atoms with van der Waals surface area (Å²) in [5.41, 5.74) is 8.98. The van der Waals surface area contributed by atoms with Crippen molar-refractivity contribution in [2.24, 2.45) is 17.6 Å². The molecule has 2 atom stereocenters. The number of nitrogens with two attached hydrogens (primary N) is 1. The molecule has 19 heavy (non-hydrogen) atoms. The zero-order valence-corrected chi connectivity index (χ0v) is 11.4. The molecule has 0 unspecified atom stereocenters. The number of aliphatic carboxylic acids is 1. The van der Waals surface area contributed by atoms with Crippen molar-refractivity contribution in [1.82, 2.24) is 5.32 Å². The van der Waals surface area contributed by atoms with Gasteiger partial charge in [-0.1, -0.05) is 23.8 Å². The summed E-state index contributed by atoms with van der Waals surface area (Å²) in [5.74, 6) is -0.758. The molecule has 104 valence electrons. The van der Waals surface area contributed by atoms with E-state index in [1.165, 1.54) is 0 Å². The Balaban J connectivity index is 2.16. The second-order valence-corrected chi connectivity index (χ2v) is 5.43. The zero-order chi connectivity index (χ0) is 13.8. The van der Waals surface area contributed by atoms with Gasteiger partial charge in [0.2, 0.25) is 0 Å². The molecule has 1 heterocycles. The Kier molecular flexibility index (Phi) is 4.56. The fourth-order valence-electron chi connectivity index (χ4n) is 2.91. The van der Waals surface area contributed by atoms with Gasteiger partial charge in [-0.25, -0.2) is 0 Å². The summed E-state index contributed by atoms with van der Waals surface area (Å²) in [6, 6.07) is 6.15. The molecule has 2 rings (SSSR count). The van der Waals surface area contributed by atoms with Crippen LogP contribution in [0.5, 0.6) is 0 Å². The van der Waals surface area contributed by atoms with E-state index in [2.05, 4.69) is 17.4 Å². The predicted molar refractivity (Wildman–Crippen MR) is 74.9 cm³/mol. The number of carbonyl (C=O) groups is 1. The number of hydrogen-bond acceptors (Lipinski definition) is 3. The average Bonchev–Trinajstić information content (AvgIpc) is 2.88. The number of benzene rings is 1. The fourth-order valence-corrected chi connectivity index (χ4v) is 2.91. The van der Waals surface area contributed by atoms with Crippen LogP contribution in [0.2, 0.25) is 0 Å². The molecular weight excluding hydrogens is 240 g/mol. The third kappa shape index (κ3) is 3.55. The maximum absolute atomic E-state index is 11.5. The first-order valence-corrected chi connectivity index (χ1v) is 6.83. The van der Waals surface area contributed by atoms with E-state index in [1.54, 1.807) is 0 Å². The van der Waals surface area contributed by atoms with E-state index >= 15 is 0 Å². The first-order chi connectivity index (χ1) is 9.10. The van der Waals surface area contributed by atoms with Crippen LogP contribution < -0.4 is 11.1 Å². The Labute approximate surface area is 114 Å². The summed E-state index contributed by atoms with van der Waals surface area (Å²) < 4.78 is 0. The highest BCUT2D eigenvalue weighted by Crippen LogP contribution is 2.24. The first kappa shape index (κ1) is 14.0. The number of hydrogen-bond donors (Lipinski definition) is 3. The normalized spacial score (nSPS) is 20.4. The van der Waals surface area contributed by atoms with Crippen LogP contribution >= 0.6 is 0 Å². The van der Waals surface area contributed by atoms with Crippen molar-refractivity contribution >= 4 is 5.97 Å². The van der Waals surface area contributed by atoms with Gasteiger partial charge >= 0.3 is 5.97 Å². The number of rotatable bonds is 5. The first-order valence-electron chi connectivity index (χ1n) is 6.83. The summed E-state index contributed by atoms with van der Waals surface area (Å²) in [7, 11) is 0. The van der Waals surface area contributed by atoms with Crippen molar-refractivity contribution in [1.29, 1.82) is 0 Å². The minimum absolute atomic E-state index is 0.235. The lowest BCUT2D eigenvalue weighted by Crippen LogP contribution is -2.27. The van der Waals surface area contributed by atoms with Gasteiger partial charge in [0.05, 0.1) is 5.92 Å². The maximum atomic E-state index is 11.5. The highest BCUT2D eigenvalue weighted by atomic mass is 16.4. The van der Waals surface area contributed by atoms with E-state index in [4.69, 9.17) is 5.73 Å². The van der Waals surface area contributed by atoms with Crippen LogP contribution in [-0.4, -0.2) is 24.2 Å². The van der Waals surface area contributed by atoms with Crippen LogP contribution in [0.4, 0.5) is 0 Å². The van der Waals surface area contributed by atoms with E-state index in [9.17, 15) is 9.90 Å². The van der Waals surface area contributed by atoms with Gasteiger partial charge in [-0.2, -0.15) is 0 Å². The van der Waals surface area contributed by atoms with Crippen molar-refractivity contribution < 1.29 is 9.90 Å². The molecule has 4 N–H and O–H groups in total. The third-order valence-electron chi connectivity index (χ3n) is 3.87. The fraction of sp³-hybridized carbons (Fsp3) is 0.533. The second-order valence-electron chi connectivity index (χ2n) is 5.43.